The molecule has 2 aromatic carbocycles. The normalized spacial score (nSPS) is 12.2. The van der Waals surface area contributed by atoms with E-state index in [1.54, 1.807) is 36.4 Å². The van der Waals surface area contributed by atoms with Gasteiger partial charge in [0.05, 0.1) is 30.3 Å². The number of esters is 1. The molecule has 0 radical (unpaired) electrons. The van der Waals surface area contributed by atoms with E-state index in [1.165, 1.54) is 20.1 Å². The summed E-state index contributed by atoms with van der Waals surface area (Å²) in [6.07, 6.45) is 1.05. The molecule has 1 atom stereocenters. The molecule has 2 aromatic rings. The van der Waals surface area contributed by atoms with Crippen LogP contribution in [0.2, 0.25) is 0 Å². The van der Waals surface area contributed by atoms with Gasteiger partial charge in [-0.2, -0.15) is 0 Å². The van der Waals surface area contributed by atoms with Crippen LogP contribution in [0.15, 0.2) is 42.5 Å². The highest BCUT2D eigenvalue weighted by Gasteiger charge is 2.30. The number of rotatable bonds is 6. The third kappa shape index (κ3) is 4.69. The maximum absolute atomic E-state index is 12.8. The van der Waals surface area contributed by atoms with Crippen LogP contribution in [0.5, 0.6) is 0 Å². The van der Waals surface area contributed by atoms with Crippen LogP contribution in [-0.2, 0) is 19.6 Å². The van der Waals surface area contributed by atoms with Gasteiger partial charge in [-0.25, -0.2) is 13.2 Å². The van der Waals surface area contributed by atoms with Crippen molar-refractivity contribution in [1.82, 2.24) is 0 Å². The van der Waals surface area contributed by atoms with Gasteiger partial charge in [-0.3, -0.25) is 9.10 Å². The van der Waals surface area contributed by atoms with Crippen LogP contribution in [0, 0.1) is 13.8 Å². The van der Waals surface area contributed by atoms with Crippen molar-refractivity contribution in [3.05, 3.63) is 59.2 Å². The summed E-state index contributed by atoms with van der Waals surface area (Å²) in [5.41, 5.74) is 2.76. The largest absolute Gasteiger partial charge is 0.465 e. The first-order valence-electron chi connectivity index (χ1n) is 8.61. The minimum Gasteiger partial charge on any atom is -0.465 e. The number of methoxy groups -OCH3 is 1. The van der Waals surface area contributed by atoms with Gasteiger partial charge in [0.25, 0.3) is 0 Å². The van der Waals surface area contributed by atoms with Gasteiger partial charge in [0, 0.05) is 0 Å². The van der Waals surface area contributed by atoms with Gasteiger partial charge in [0.1, 0.15) is 6.04 Å². The summed E-state index contributed by atoms with van der Waals surface area (Å²) in [4.78, 5) is 24.7. The van der Waals surface area contributed by atoms with Crippen LogP contribution in [0.4, 0.5) is 11.4 Å². The Hall–Kier alpha value is -2.87. The average Bonchev–Trinajstić information content (AvgIpc) is 2.63. The van der Waals surface area contributed by atoms with Crippen LogP contribution < -0.4 is 9.62 Å². The molecule has 7 nitrogen and oxygen atoms in total. The Morgan fingerprint density at radius 1 is 1.07 bits per heavy atom. The monoisotopic (exact) mass is 404 g/mol. The number of ether oxygens (including phenoxy) is 1. The molecule has 0 fully saturated rings. The number of aryl methyl sites for hydroxylation is 2. The second kappa shape index (κ2) is 8.43. The lowest BCUT2D eigenvalue weighted by Crippen LogP contribution is -2.45. The molecular weight excluding hydrogens is 380 g/mol. The van der Waals surface area contributed by atoms with Gasteiger partial charge in [-0.1, -0.05) is 18.2 Å². The number of hydrogen-bond acceptors (Lipinski definition) is 5. The molecule has 0 aliphatic carbocycles. The Morgan fingerprint density at radius 3 is 2.29 bits per heavy atom. The fourth-order valence-corrected chi connectivity index (χ4v) is 3.96. The minimum atomic E-state index is -3.73. The van der Waals surface area contributed by atoms with Crippen LogP contribution in [0.3, 0.4) is 0 Å². The molecule has 0 heterocycles. The summed E-state index contributed by atoms with van der Waals surface area (Å²) in [6.45, 7) is 5.28. The number of amides is 1. The van der Waals surface area contributed by atoms with Crippen molar-refractivity contribution in [2.45, 2.75) is 26.8 Å². The first-order valence-corrected chi connectivity index (χ1v) is 10.5. The number of carbonyl (C=O) groups excluding carboxylic acids is 2. The lowest BCUT2D eigenvalue weighted by atomic mass is 10.1. The number of hydrogen-bond donors (Lipinski definition) is 1. The maximum Gasteiger partial charge on any atom is 0.339 e. The fourth-order valence-electron chi connectivity index (χ4n) is 2.79. The molecule has 0 aromatic heterocycles. The third-order valence-corrected chi connectivity index (χ3v) is 5.67. The van der Waals surface area contributed by atoms with E-state index >= 15 is 0 Å². The van der Waals surface area contributed by atoms with Crippen LogP contribution >= 0.6 is 0 Å². The van der Waals surface area contributed by atoms with Crippen LogP contribution in [0.25, 0.3) is 0 Å². The van der Waals surface area contributed by atoms with Crippen LogP contribution in [-0.4, -0.2) is 39.7 Å². The van der Waals surface area contributed by atoms with E-state index in [2.05, 4.69) is 5.32 Å². The van der Waals surface area contributed by atoms with Gasteiger partial charge in [-0.15, -0.1) is 0 Å². The van der Waals surface area contributed by atoms with E-state index in [9.17, 15) is 18.0 Å². The topological polar surface area (TPSA) is 92.8 Å². The van der Waals surface area contributed by atoms with Crippen molar-refractivity contribution < 1.29 is 22.7 Å². The van der Waals surface area contributed by atoms with E-state index in [0.29, 0.717) is 5.69 Å². The lowest BCUT2D eigenvalue weighted by molar-refractivity contribution is -0.116. The van der Waals surface area contributed by atoms with E-state index in [1.807, 2.05) is 13.8 Å². The molecular formula is C20H24N2O5S. The average molecular weight is 404 g/mol. The zero-order valence-electron chi connectivity index (χ0n) is 16.5. The van der Waals surface area contributed by atoms with Crippen molar-refractivity contribution in [2.75, 3.05) is 23.0 Å². The molecule has 8 heteroatoms. The second-order valence-electron chi connectivity index (χ2n) is 6.53. The standard InChI is InChI=1S/C20H24N2O5S/c1-13-10-11-16(12-14(13)2)22(28(5,25)26)15(3)19(23)21-18-9-7-6-8-17(18)20(24)27-4/h6-12,15H,1-5H3,(H,21,23)/t15-/m0/s1. The number of benzene rings is 2. The predicted octanol–water partition coefficient (Wildman–Crippen LogP) is 2.88. The summed E-state index contributed by atoms with van der Waals surface area (Å²) in [5.74, 6) is -1.17. The highest BCUT2D eigenvalue weighted by molar-refractivity contribution is 7.92. The lowest BCUT2D eigenvalue weighted by Gasteiger charge is -2.29. The molecule has 0 aliphatic heterocycles. The molecule has 0 unspecified atom stereocenters. The highest BCUT2D eigenvalue weighted by Crippen LogP contribution is 2.25. The Labute approximate surface area is 165 Å². The summed E-state index contributed by atoms with van der Waals surface area (Å²) in [7, 11) is -2.49. The summed E-state index contributed by atoms with van der Waals surface area (Å²) in [5, 5.41) is 2.63. The van der Waals surface area contributed by atoms with Gasteiger partial charge < -0.3 is 10.1 Å². The molecule has 150 valence electrons. The smallest absolute Gasteiger partial charge is 0.339 e. The van der Waals surface area contributed by atoms with E-state index in [0.717, 1.165) is 21.7 Å². The molecule has 0 bridgehead atoms. The fraction of sp³-hybridized carbons (Fsp3) is 0.300. The molecule has 2 rings (SSSR count). The molecule has 28 heavy (non-hydrogen) atoms. The summed E-state index contributed by atoms with van der Waals surface area (Å²) < 4.78 is 30.6. The number of carbonyl (C=O) groups is 2. The molecule has 1 amide bonds. The van der Waals surface area contributed by atoms with Gasteiger partial charge in [0.15, 0.2) is 0 Å². The molecule has 1 N–H and O–H groups in total. The van der Waals surface area contributed by atoms with Crippen molar-refractivity contribution in [3.63, 3.8) is 0 Å². The van der Waals surface area contributed by atoms with Crippen LogP contribution in [0.1, 0.15) is 28.4 Å². The van der Waals surface area contributed by atoms with Crippen molar-refractivity contribution in [3.8, 4) is 0 Å². The quantitative estimate of drug-likeness (QED) is 0.748. The van der Waals surface area contributed by atoms with Crippen molar-refractivity contribution in [1.29, 1.82) is 0 Å². The zero-order valence-corrected chi connectivity index (χ0v) is 17.3. The summed E-state index contributed by atoms with van der Waals surface area (Å²) >= 11 is 0. The van der Waals surface area contributed by atoms with Crippen molar-refractivity contribution >= 4 is 33.3 Å². The second-order valence-corrected chi connectivity index (χ2v) is 8.39. The van der Waals surface area contributed by atoms with Gasteiger partial charge >= 0.3 is 5.97 Å². The van der Waals surface area contributed by atoms with Gasteiger partial charge in [0.2, 0.25) is 15.9 Å². The number of anilines is 2. The molecule has 0 aliphatic rings. The number of nitrogens with one attached hydrogen (secondary N) is 1. The van der Waals surface area contributed by atoms with E-state index in [4.69, 9.17) is 4.74 Å². The Balaban J connectivity index is 2.38. The number of nitrogens with zero attached hydrogens (tertiary/aromatic N) is 1. The SMILES string of the molecule is COC(=O)c1ccccc1NC(=O)[C@H](C)N(c1ccc(C)c(C)c1)S(C)(=O)=O. The summed E-state index contributed by atoms with van der Waals surface area (Å²) in [6, 6.07) is 10.5. The first kappa shape index (κ1) is 21.4. The number of para-hydroxylation sites is 1. The minimum absolute atomic E-state index is 0.183. The predicted molar refractivity (Wildman–Crippen MR) is 109 cm³/mol. The first-order chi connectivity index (χ1) is 13.1. The Kier molecular flexibility index (Phi) is 6.45. The molecule has 0 spiro atoms. The molecule has 0 saturated heterocycles. The van der Waals surface area contributed by atoms with E-state index in [-0.39, 0.29) is 11.3 Å². The van der Waals surface area contributed by atoms with Gasteiger partial charge in [-0.05, 0) is 56.2 Å². The third-order valence-electron chi connectivity index (χ3n) is 4.42. The number of sulfonamides is 1. The highest BCUT2D eigenvalue weighted by atomic mass is 32.2. The molecule has 0 saturated carbocycles. The maximum atomic E-state index is 12.8. The van der Waals surface area contributed by atoms with E-state index < -0.39 is 27.9 Å². The Morgan fingerprint density at radius 2 is 1.71 bits per heavy atom. The zero-order chi connectivity index (χ0) is 21.1. The van der Waals surface area contributed by atoms with Crippen molar-refractivity contribution in [2.24, 2.45) is 0 Å². The Bertz CT molecular complexity index is 1000.